The molecule has 1 saturated carbocycles. The van der Waals surface area contributed by atoms with Gasteiger partial charge >= 0.3 is 5.63 Å². The SMILES string of the molecule is Cc1cc2oc(=O)cc(C[NH+](Cc3ccc(F)cc3)C3CC3)c2cc1C. The summed E-state index contributed by atoms with van der Waals surface area (Å²) in [5.74, 6) is -0.209. The van der Waals surface area contributed by atoms with E-state index in [4.69, 9.17) is 4.42 Å². The molecule has 1 fully saturated rings. The number of rotatable bonds is 5. The summed E-state index contributed by atoms with van der Waals surface area (Å²) in [7, 11) is 0. The minimum atomic E-state index is -0.298. The van der Waals surface area contributed by atoms with Gasteiger partial charge in [-0.1, -0.05) is 12.1 Å². The van der Waals surface area contributed by atoms with E-state index in [1.165, 1.54) is 35.4 Å². The van der Waals surface area contributed by atoms with Gasteiger partial charge in [0.2, 0.25) is 0 Å². The van der Waals surface area contributed by atoms with E-state index in [1.54, 1.807) is 6.07 Å². The maximum absolute atomic E-state index is 13.2. The third-order valence-electron chi connectivity index (χ3n) is 5.36. The molecule has 1 aliphatic carbocycles. The van der Waals surface area contributed by atoms with Gasteiger partial charge in [0, 0.05) is 35.4 Å². The molecule has 3 nitrogen and oxygen atoms in total. The van der Waals surface area contributed by atoms with Crippen LogP contribution in [-0.2, 0) is 13.1 Å². The quantitative estimate of drug-likeness (QED) is 0.715. The van der Waals surface area contributed by atoms with Crippen molar-refractivity contribution >= 4 is 11.0 Å². The number of quaternary nitrogens is 1. The van der Waals surface area contributed by atoms with Crippen molar-refractivity contribution in [2.24, 2.45) is 0 Å². The average Bonchev–Trinajstić information content (AvgIpc) is 3.43. The summed E-state index contributed by atoms with van der Waals surface area (Å²) in [6.07, 6.45) is 2.40. The number of benzene rings is 2. The number of fused-ring (bicyclic) bond motifs is 1. The fourth-order valence-corrected chi connectivity index (χ4v) is 3.58. The van der Waals surface area contributed by atoms with E-state index < -0.39 is 0 Å². The van der Waals surface area contributed by atoms with Crippen molar-refractivity contribution in [3.8, 4) is 0 Å². The Bertz CT molecular complexity index is 1000. The van der Waals surface area contributed by atoms with Crippen LogP contribution in [0.1, 0.15) is 35.1 Å². The second kappa shape index (κ2) is 6.69. The lowest BCUT2D eigenvalue weighted by Crippen LogP contribution is -3.10. The number of halogens is 1. The Kier molecular flexibility index (Phi) is 4.37. The summed E-state index contributed by atoms with van der Waals surface area (Å²) >= 11 is 0. The predicted molar refractivity (Wildman–Crippen MR) is 99.8 cm³/mol. The molecule has 0 radical (unpaired) electrons. The van der Waals surface area contributed by atoms with Crippen LogP contribution in [0.15, 0.2) is 51.7 Å². The first kappa shape index (κ1) is 17.0. The molecule has 4 rings (SSSR count). The second-order valence-corrected chi connectivity index (χ2v) is 7.44. The Balaban J connectivity index is 1.68. The zero-order valence-corrected chi connectivity index (χ0v) is 15.1. The van der Waals surface area contributed by atoms with Crippen molar-refractivity contribution in [2.75, 3.05) is 0 Å². The lowest BCUT2D eigenvalue weighted by molar-refractivity contribution is -0.938. The summed E-state index contributed by atoms with van der Waals surface area (Å²) < 4.78 is 18.6. The smallest absolute Gasteiger partial charge is 0.336 e. The topological polar surface area (TPSA) is 34.6 Å². The molecule has 1 N–H and O–H groups in total. The molecule has 1 unspecified atom stereocenters. The average molecular weight is 352 g/mol. The summed E-state index contributed by atoms with van der Waals surface area (Å²) in [5.41, 5.74) is 4.82. The summed E-state index contributed by atoms with van der Waals surface area (Å²) in [6.45, 7) is 5.70. The standard InChI is InChI=1S/C22H22FNO2/c1-14-9-20-17(11-22(25)26-21(20)10-15(14)2)13-24(19-7-8-19)12-16-3-5-18(23)6-4-16/h3-6,9-11,19H,7-8,12-13H2,1-2H3/p+1. The number of hydrogen-bond donors (Lipinski definition) is 1. The molecule has 1 aliphatic rings. The Labute approximate surface area is 152 Å². The molecule has 0 amide bonds. The van der Waals surface area contributed by atoms with Crippen molar-refractivity contribution in [1.29, 1.82) is 0 Å². The maximum atomic E-state index is 13.2. The van der Waals surface area contributed by atoms with E-state index in [1.807, 2.05) is 25.1 Å². The molecular weight excluding hydrogens is 329 g/mol. The van der Waals surface area contributed by atoms with Gasteiger partial charge in [0.25, 0.3) is 0 Å². The van der Waals surface area contributed by atoms with Gasteiger partial charge in [0.1, 0.15) is 24.5 Å². The van der Waals surface area contributed by atoms with Crippen LogP contribution in [0, 0.1) is 19.7 Å². The molecule has 0 saturated heterocycles. The minimum absolute atomic E-state index is 0.209. The highest BCUT2D eigenvalue weighted by molar-refractivity contribution is 5.81. The molecule has 134 valence electrons. The van der Waals surface area contributed by atoms with Crippen molar-refractivity contribution in [3.63, 3.8) is 0 Å². The fourth-order valence-electron chi connectivity index (χ4n) is 3.58. The van der Waals surface area contributed by atoms with E-state index in [0.29, 0.717) is 11.6 Å². The predicted octanol–water partition coefficient (Wildman–Crippen LogP) is 3.30. The van der Waals surface area contributed by atoms with E-state index >= 15 is 0 Å². The van der Waals surface area contributed by atoms with Crippen LogP contribution in [0.4, 0.5) is 4.39 Å². The van der Waals surface area contributed by atoms with Crippen LogP contribution in [0.25, 0.3) is 11.0 Å². The zero-order chi connectivity index (χ0) is 18.3. The van der Waals surface area contributed by atoms with Gasteiger partial charge in [0.15, 0.2) is 0 Å². The molecule has 1 aromatic heterocycles. The molecule has 2 aromatic carbocycles. The molecule has 1 heterocycles. The first-order valence-electron chi connectivity index (χ1n) is 9.12. The maximum Gasteiger partial charge on any atom is 0.336 e. The molecule has 4 heteroatoms. The van der Waals surface area contributed by atoms with Crippen LogP contribution in [0.3, 0.4) is 0 Å². The van der Waals surface area contributed by atoms with Gasteiger partial charge < -0.3 is 9.32 Å². The van der Waals surface area contributed by atoms with Crippen molar-refractivity contribution in [3.05, 3.63) is 81.0 Å². The Morgan fingerprint density at radius 2 is 1.73 bits per heavy atom. The number of hydrogen-bond acceptors (Lipinski definition) is 2. The van der Waals surface area contributed by atoms with Gasteiger partial charge in [-0.15, -0.1) is 0 Å². The van der Waals surface area contributed by atoms with Gasteiger partial charge in [-0.2, -0.15) is 0 Å². The molecule has 0 spiro atoms. The normalized spacial score (nSPS) is 15.3. The molecule has 0 aliphatic heterocycles. The summed E-state index contributed by atoms with van der Waals surface area (Å²) in [6, 6.07) is 13.0. The molecule has 1 atom stereocenters. The number of nitrogens with one attached hydrogen (secondary N) is 1. The van der Waals surface area contributed by atoms with Crippen molar-refractivity contribution in [1.82, 2.24) is 0 Å². The summed E-state index contributed by atoms with van der Waals surface area (Å²) in [4.78, 5) is 13.5. The summed E-state index contributed by atoms with van der Waals surface area (Å²) in [5, 5.41) is 1.02. The largest absolute Gasteiger partial charge is 0.423 e. The first-order chi connectivity index (χ1) is 12.5. The molecular formula is C22H23FNO2+. The third kappa shape index (κ3) is 3.56. The Morgan fingerprint density at radius 3 is 2.42 bits per heavy atom. The van der Waals surface area contributed by atoms with Crippen LogP contribution in [-0.4, -0.2) is 6.04 Å². The van der Waals surface area contributed by atoms with Crippen LogP contribution < -0.4 is 10.5 Å². The number of aryl methyl sites for hydroxylation is 2. The van der Waals surface area contributed by atoms with Gasteiger partial charge in [-0.3, -0.25) is 0 Å². The van der Waals surface area contributed by atoms with Gasteiger partial charge in [-0.05, 0) is 49.2 Å². The van der Waals surface area contributed by atoms with Gasteiger partial charge in [-0.25, -0.2) is 9.18 Å². The zero-order valence-electron chi connectivity index (χ0n) is 15.1. The first-order valence-corrected chi connectivity index (χ1v) is 9.12. The molecule has 26 heavy (non-hydrogen) atoms. The van der Waals surface area contributed by atoms with E-state index in [9.17, 15) is 9.18 Å². The monoisotopic (exact) mass is 352 g/mol. The van der Waals surface area contributed by atoms with Crippen molar-refractivity contribution < 1.29 is 13.7 Å². The van der Waals surface area contributed by atoms with E-state index in [-0.39, 0.29) is 11.4 Å². The van der Waals surface area contributed by atoms with E-state index in [0.717, 1.165) is 35.2 Å². The molecule has 0 bridgehead atoms. The highest BCUT2D eigenvalue weighted by Gasteiger charge is 2.33. The Hall–Kier alpha value is -2.46. The lowest BCUT2D eigenvalue weighted by atomic mass is 10.0. The highest BCUT2D eigenvalue weighted by atomic mass is 19.1. The fraction of sp³-hybridized carbons (Fsp3) is 0.318. The van der Waals surface area contributed by atoms with Crippen molar-refractivity contribution in [2.45, 2.75) is 45.8 Å². The third-order valence-corrected chi connectivity index (χ3v) is 5.36. The highest BCUT2D eigenvalue weighted by Crippen LogP contribution is 2.22. The molecule has 3 aromatic rings. The van der Waals surface area contributed by atoms with Gasteiger partial charge in [0.05, 0.1) is 6.04 Å². The second-order valence-electron chi connectivity index (χ2n) is 7.44. The minimum Gasteiger partial charge on any atom is -0.423 e. The van der Waals surface area contributed by atoms with Crippen LogP contribution in [0.2, 0.25) is 0 Å². The van der Waals surface area contributed by atoms with E-state index in [2.05, 4.69) is 13.0 Å². The Morgan fingerprint density at radius 1 is 1.04 bits per heavy atom. The lowest BCUT2D eigenvalue weighted by Gasteiger charge is -2.20. The van der Waals surface area contributed by atoms with Crippen LogP contribution >= 0.6 is 0 Å². The van der Waals surface area contributed by atoms with Crippen LogP contribution in [0.5, 0.6) is 0 Å².